The lowest BCUT2D eigenvalue weighted by Gasteiger charge is -2.24. The summed E-state index contributed by atoms with van der Waals surface area (Å²) < 4.78 is 21.2. The van der Waals surface area contributed by atoms with E-state index in [1.165, 1.54) is 5.56 Å². The normalized spacial score (nSPS) is 11.5. The number of aryl methyl sites for hydroxylation is 1. The maximum Gasteiger partial charge on any atom is 0.500 e. The van der Waals surface area contributed by atoms with Crippen molar-refractivity contribution >= 4 is 8.80 Å². The summed E-state index contributed by atoms with van der Waals surface area (Å²) in [6.07, 6.45) is 0.867. The van der Waals surface area contributed by atoms with Crippen molar-refractivity contribution in [2.24, 2.45) is 0 Å². The minimum Gasteiger partial charge on any atom is -0.497 e. The predicted molar refractivity (Wildman–Crippen MR) is 68.3 cm³/mol. The summed E-state index contributed by atoms with van der Waals surface area (Å²) in [5, 5.41) is 0. The molecule has 1 rings (SSSR count). The van der Waals surface area contributed by atoms with E-state index in [4.69, 9.17) is 18.0 Å². The Bertz CT molecular complexity index is 314. The van der Waals surface area contributed by atoms with Gasteiger partial charge < -0.3 is 18.0 Å². The van der Waals surface area contributed by atoms with Crippen molar-refractivity contribution < 1.29 is 18.0 Å². The highest BCUT2D eigenvalue weighted by Gasteiger charge is 2.36. The number of hydrogen-bond acceptors (Lipinski definition) is 4. The summed E-state index contributed by atoms with van der Waals surface area (Å²) in [6.45, 7) is 0. The maximum absolute atomic E-state index is 5.37. The molecule has 17 heavy (non-hydrogen) atoms. The van der Waals surface area contributed by atoms with Crippen LogP contribution in [-0.2, 0) is 19.7 Å². The van der Waals surface area contributed by atoms with Crippen LogP contribution in [0.2, 0.25) is 6.04 Å². The Hall–Kier alpha value is -0.883. The fraction of sp³-hybridized carbons (Fsp3) is 0.500. The third-order valence-corrected chi connectivity index (χ3v) is 5.54. The van der Waals surface area contributed by atoms with Gasteiger partial charge in [0.25, 0.3) is 0 Å². The van der Waals surface area contributed by atoms with Gasteiger partial charge in [0.1, 0.15) is 5.75 Å². The van der Waals surface area contributed by atoms with Crippen LogP contribution in [-0.4, -0.2) is 37.2 Å². The van der Waals surface area contributed by atoms with Gasteiger partial charge in [0.15, 0.2) is 0 Å². The van der Waals surface area contributed by atoms with Crippen molar-refractivity contribution in [1.29, 1.82) is 0 Å². The van der Waals surface area contributed by atoms with Crippen molar-refractivity contribution in [1.82, 2.24) is 0 Å². The fourth-order valence-corrected chi connectivity index (χ4v) is 3.35. The zero-order chi connectivity index (χ0) is 12.7. The smallest absolute Gasteiger partial charge is 0.497 e. The molecular weight excluding hydrogens is 236 g/mol. The first-order valence-electron chi connectivity index (χ1n) is 5.48. The molecule has 0 saturated heterocycles. The number of rotatable bonds is 7. The van der Waals surface area contributed by atoms with Gasteiger partial charge in [-0.3, -0.25) is 0 Å². The van der Waals surface area contributed by atoms with Crippen LogP contribution in [0.4, 0.5) is 0 Å². The van der Waals surface area contributed by atoms with Crippen LogP contribution in [0, 0.1) is 0 Å². The van der Waals surface area contributed by atoms with Gasteiger partial charge in [0, 0.05) is 27.4 Å². The SMILES string of the molecule is COc1ccc(CC[Si](OC)(OC)OC)cc1. The van der Waals surface area contributed by atoms with Crippen LogP contribution in [0.5, 0.6) is 5.75 Å². The molecule has 0 saturated carbocycles. The van der Waals surface area contributed by atoms with E-state index in [1.54, 1.807) is 28.4 Å². The molecule has 0 bridgehead atoms. The van der Waals surface area contributed by atoms with Gasteiger partial charge in [-0.05, 0) is 24.1 Å². The van der Waals surface area contributed by atoms with Crippen LogP contribution in [0.1, 0.15) is 5.56 Å². The van der Waals surface area contributed by atoms with Gasteiger partial charge in [-0.1, -0.05) is 12.1 Å². The number of benzene rings is 1. The lowest BCUT2D eigenvalue weighted by molar-refractivity contribution is 0.123. The van der Waals surface area contributed by atoms with E-state index in [1.807, 2.05) is 24.3 Å². The molecule has 0 amide bonds. The standard InChI is InChI=1S/C12H20O4Si/c1-13-12-7-5-11(6-8-12)9-10-17(14-2,15-3)16-4/h5-8H,9-10H2,1-4H3. The Labute approximate surface area is 104 Å². The number of ether oxygens (including phenoxy) is 1. The molecule has 5 heteroatoms. The summed E-state index contributed by atoms with van der Waals surface area (Å²) in [5.74, 6) is 0.863. The molecule has 0 unspecified atom stereocenters. The predicted octanol–water partition coefficient (Wildman–Crippen LogP) is 2.12. The van der Waals surface area contributed by atoms with Gasteiger partial charge in [-0.15, -0.1) is 0 Å². The van der Waals surface area contributed by atoms with Crippen molar-refractivity contribution in [3.63, 3.8) is 0 Å². The Morgan fingerprint density at radius 2 is 1.41 bits per heavy atom. The van der Waals surface area contributed by atoms with Gasteiger partial charge in [0.2, 0.25) is 0 Å². The first-order chi connectivity index (χ1) is 8.19. The van der Waals surface area contributed by atoms with Crippen molar-refractivity contribution in [2.45, 2.75) is 12.5 Å². The van der Waals surface area contributed by atoms with Gasteiger partial charge in [-0.25, -0.2) is 0 Å². The Morgan fingerprint density at radius 1 is 0.882 bits per heavy atom. The van der Waals surface area contributed by atoms with E-state index >= 15 is 0 Å². The molecule has 0 spiro atoms. The zero-order valence-electron chi connectivity index (χ0n) is 10.9. The highest BCUT2D eigenvalue weighted by atomic mass is 28.4. The van der Waals surface area contributed by atoms with Crippen molar-refractivity contribution in [2.75, 3.05) is 28.4 Å². The van der Waals surface area contributed by atoms with E-state index in [0.29, 0.717) is 0 Å². The van der Waals surface area contributed by atoms with E-state index in [0.717, 1.165) is 18.2 Å². The Kier molecular flexibility index (Phi) is 5.63. The fourth-order valence-electron chi connectivity index (χ4n) is 1.65. The molecule has 0 aliphatic rings. The summed E-state index contributed by atoms with van der Waals surface area (Å²) in [5.41, 5.74) is 1.22. The average molecular weight is 256 g/mol. The molecule has 0 aliphatic heterocycles. The molecule has 0 aliphatic carbocycles. The van der Waals surface area contributed by atoms with E-state index in [2.05, 4.69) is 0 Å². The molecule has 96 valence electrons. The van der Waals surface area contributed by atoms with Crippen LogP contribution in [0.3, 0.4) is 0 Å². The van der Waals surface area contributed by atoms with Gasteiger partial charge in [-0.2, -0.15) is 0 Å². The van der Waals surface area contributed by atoms with E-state index in [-0.39, 0.29) is 0 Å². The molecule has 0 heterocycles. The lowest BCUT2D eigenvalue weighted by Crippen LogP contribution is -2.43. The van der Waals surface area contributed by atoms with Crippen LogP contribution in [0.25, 0.3) is 0 Å². The van der Waals surface area contributed by atoms with Crippen molar-refractivity contribution in [3.8, 4) is 5.75 Å². The van der Waals surface area contributed by atoms with Crippen LogP contribution in [0.15, 0.2) is 24.3 Å². The van der Waals surface area contributed by atoms with Gasteiger partial charge >= 0.3 is 8.80 Å². The lowest BCUT2D eigenvalue weighted by atomic mass is 10.2. The summed E-state index contributed by atoms with van der Waals surface area (Å²) in [7, 11) is 4.10. The van der Waals surface area contributed by atoms with Gasteiger partial charge in [0.05, 0.1) is 7.11 Å². The Morgan fingerprint density at radius 3 is 1.82 bits per heavy atom. The second-order valence-corrected chi connectivity index (χ2v) is 6.73. The molecule has 1 aromatic carbocycles. The molecular formula is C12H20O4Si. The third kappa shape index (κ3) is 3.81. The topological polar surface area (TPSA) is 36.9 Å². The second kappa shape index (κ2) is 6.76. The second-order valence-electron chi connectivity index (χ2n) is 3.64. The van der Waals surface area contributed by atoms with Crippen LogP contribution >= 0.6 is 0 Å². The summed E-state index contributed by atoms with van der Waals surface area (Å²) >= 11 is 0. The monoisotopic (exact) mass is 256 g/mol. The highest BCUT2D eigenvalue weighted by molar-refractivity contribution is 6.60. The van der Waals surface area contributed by atoms with E-state index in [9.17, 15) is 0 Å². The molecule has 4 nitrogen and oxygen atoms in total. The molecule has 0 fully saturated rings. The summed E-state index contributed by atoms with van der Waals surface area (Å²) in [6, 6.07) is 8.75. The minimum absolute atomic E-state index is 0.767. The Balaban J connectivity index is 2.59. The molecule has 0 N–H and O–H groups in total. The number of methoxy groups -OCH3 is 1. The molecule has 0 radical (unpaired) electrons. The largest absolute Gasteiger partial charge is 0.500 e. The first-order valence-corrected chi connectivity index (χ1v) is 7.41. The third-order valence-electron chi connectivity index (χ3n) is 2.81. The zero-order valence-corrected chi connectivity index (χ0v) is 11.9. The highest BCUT2D eigenvalue weighted by Crippen LogP contribution is 2.18. The van der Waals surface area contributed by atoms with Crippen molar-refractivity contribution in [3.05, 3.63) is 29.8 Å². The first kappa shape index (κ1) is 14.2. The maximum atomic E-state index is 5.37. The molecule has 1 aromatic rings. The molecule has 0 atom stereocenters. The minimum atomic E-state index is -2.45. The quantitative estimate of drug-likeness (QED) is 0.700. The van der Waals surface area contributed by atoms with Crippen LogP contribution < -0.4 is 4.74 Å². The summed E-state index contributed by atoms with van der Waals surface area (Å²) in [4.78, 5) is 0. The van der Waals surface area contributed by atoms with E-state index < -0.39 is 8.80 Å². The average Bonchev–Trinajstić information content (AvgIpc) is 2.41. The molecule has 0 aromatic heterocycles. The number of hydrogen-bond donors (Lipinski definition) is 0.